The maximum Gasteiger partial charge on any atom is 0.471 e. The summed E-state index contributed by atoms with van der Waals surface area (Å²) in [6, 6.07) is 11.0. The smallest absolute Gasteiger partial charge is 0.344 e. The molecule has 2 amide bonds. The highest BCUT2D eigenvalue weighted by Crippen LogP contribution is 2.15. The number of nitrogens with zero attached hydrogens (tertiary/aromatic N) is 1. The summed E-state index contributed by atoms with van der Waals surface area (Å²) in [4.78, 5) is 26.5. The maximum atomic E-state index is 12.1. The summed E-state index contributed by atoms with van der Waals surface area (Å²) >= 11 is 0. The van der Waals surface area contributed by atoms with Crippen LogP contribution in [0.2, 0.25) is 0 Å². The number of pyridine rings is 1. The molecule has 0 radical (unpaired) electrons. The van der Waals surface area contributed by atoms with E-state index in [-0.39, 0.29) is 12.2 Å². The van der Waals surface area contributed by atoms with Gasteiger partial charge in [-0.15, -0.1) is 0 Å². The third kappa shape index (κ3) is 4.80. The van der Waals surface area contributed by atoms with Gasteiger partial charge in [0.25, 0.3) is 5.91 Å². The first-order valence-corrected chi connectivity index (χ1v) is 6.52. The van der Waals surface area contributed by atoms with Crippen molar-refractivity contribution < 1.29 is 22.8 Å². The van der Waals surface area contributed by atoms with Crippen molar-refractivity contribution in [3.8, 4) is 0 Å². The summed E-state index contributed by atoms with van der Waals surface area (Å²) in [6.07, 6.45) is -3.42. The Kier molecular flexibility index (Phi) is 4.95. The Morgan fingerprint density at radius 3 is 2.30 bits per heavy atom. The average Bonchev–Trinajstić information content (AvgIpc) is 2.53. The lowest BCUT2D eigenvalue weighted by Gasteiger charge is -2.09. The minimum atomic E-state index is -4.91. The number of carbonyl (C=O) groups is 2. The lowest BCUT2D eigenvalue weighted by Crippen LogP contribution is -2.36. The number of aromatic nitrogens is 1. The van der Waals surface area contributed by atoms with Crippen molar-refractivity contribution in [2.45, 2.75) is 12.7 Å². The average molecular weight is 323 g/mol. The fraction of sp³-hybridized carbons (Fsp3) is 0.133. The third-order valence-electron chi connectivity index (χ3n) is 2.82. The number of carbonyl (C=O) groups excluding carboxylic acids is 2. The maximum absolute atomic E-state index is 12.1. The molecular weight excluding hydrogens is 311 g/mol. The van der Waals surface area contributed by atoms with E-state index in [1.807, 2.05) is 0 Å². The number of amides is 2. The molecule has 0 saturated heterocycles. The fourth-order valence-electron chi connectivity index (χ4n) is 1.68. The van der Waals surface area contributed by atoms with E-state index in [9.17, 15) is 22.8 Å². The molecule has 0 spiro atoms. The van der Waals surface area contributed by atoms with Gasteiger partial charge in [-0.1, -0.05) is 18.2 Å². The lowest BCUT2D eigenvalue weighted by atomic mass is 10.2. The van der Waals surface area contributed by atoms with Crippen LogP contribution >= 0.6 is 0 Å². The van der Waals surface area contributed by atoms with Crippen LogP contribution in [0.25, 0.3) is 0 Å². The predicted molar refractivity (Wildman–Crippen MR) is 76.5 cm³/mol. The van der Waals surface area contributed by atoms with Crippen LogP contribution in [0, 0.1) is 0 Å². The quantitative estimate of drug-likeness (QED) is 0.908. The SMILES string of the molecule is O=C(Nc1ccc(CNC(=O)C(F)(F)F)cc1)c1ccccn1. The van der Waals surface area contributed by atoms with E-state index in [0.717, 1.165) is 0 Å². The van der Waals surface area contributed by atoms with Crippen LogP contribution < -0.4 is 10.6 Å². The van der Waals surface area contributed by atoms with Crippen molar-refractivity contribution in [3.05, 3.63) is 59.9 Å². The van der Waals surface area contributed by atoms with Gasteiger partial charge in [-0.05, 0) is 29.8 Å². The van der Waals surface area contributed by atoms with Crippen molar-refractivity contribution in [2.75, 3.05) is 5.32 Å². The molecule has 23 heavy (non-hydrogen) atoms. The number of hydrogen-bond acceptors (Lipinski definition) is 3. The van der Waals surface area contributed by atoms with Crippen molar-refractivity contribution in [1.82, 2.24) is 10.3 Å². The second kappa shape index (κ2) is 6.91. The van der Waals surface area contributed by atoms with Crippen molar-refractivity contribution >= 4 is 17.5 Å². The molecule has 0 unspecified atom stereocenters. The zero-order valence-corrected chi connectivity index (χ0v) is 11.7. The lowest BCUT2D eigenvalue weighted by molar-refractivity contribution is -0.173. The van der Waals surface area contributed by atoms with Gasteiger partial charge in [0.1, 0.15) is 5.69 Å². The minimum absolute atomic E-state index is 0.244. The summed E-state index contributed by atoms with van der Waals surface area (Å²) in [6.45, 7) is -0.257. The molecule has 2 N–H and O–H groups in total. The molecule has 0 aliphatic heterocycles. The summed E-state index contributed by atoms with van der Waals surface area (Å²) < 4.78 is 36.2. The topological polar surface area (TPSA) is 71.1 Å². The summed E-state index contributed by atoms with van der Waals surface area (Å²) in [5.41, 5.74) is 1.18. The van der Waals surface area contributed by atoms with Gasteiger partial charge in [-0.25, -0.2) is 0 Å². The summed E-state index contributed by atoms with van der Waals surface area (Å²) in [7, 11) is 0. The Morgan fingerprint density at radius 1 is 1.04 bits per heavy atom. The zero-order chi connectivity index (χ0) is 16.9. The molecule has 1 heterocycles. The van der Waals surface area contributed by atoms with E-state index in [1.54, 1.807) is 23.5 Å². The van der Waals surface area contributed by atoms with Crippen molar-refractivity contribution in [1.29, 1.82) is 0 Å². The molecule has 2 aromatic rings. The molecular formula is C15H12F3N3O2. The van der Waals surface area contributed by atoms with Gasteiger partial charge in [-0.3, -0.25) is 14.6 Å². The van der Waals surface area contributed by atoms with Gasteiger partial charge >= 0.3 is 12.1 Å². The third-order valence-corrected chi connectivity index (χ3v) is 2.82. The molecule has 0 bridgehead atoms. The Bertz CT molecular complexity index is 685. The highest BCUT2D eigenvalue weighted by molar-refractivity contribution is 6.02. The van der Waals surface area contributed by atoms with Crippen LogP contribution in [-0.2, 0) is 11.3 Å². The van der Waals surface area contributed by atoms with Gasteiger partial charge in [-0.2, -0.15) is 13.2 Å². The van der Waals surface area contributed by atoms with Crippen molar-refractivity contribution in [3.63, 3.8) is 0 Å². The Hall–Kier alpha value is -2.90. The van der Waals surface area contributed by atoms with Crippen molar-refractivity contribution in [2.24, 2.45) is 0 Å². The number of alkyl halides is 3. The number of rotatable bonds is 4. The van der Waals surface area contributed by atoms with E-state index in [2.05, 4.69) is 10.3 Å². The van der Waals surface area contributed by atoms with E-state index in [1.165, 1.54) is 30.5 Å². The molecule has 0 saturated carbocycles. The number of anilines is 1. The van der Waals surface area contributed by atoms with E-state index in [0.29, 0.717) is 11.3 Å². The molecule has 1 aromatic carbocycles. The van der Waals surface area contributed by atoms with Gasteiger partial charge in [0.2, 0.25) is 0 Å². The van der Waals surface area contributed by atoms with E-state index in [4.69, 9.17) is 0 Å². The number of halogens is 3. The minimum Gasteiger partial charge on any atom is -0.344 e. The Morgan fingerprint density at radius 2 is 1.74 bits per heavy atom. The molecule has 5 nitrogen and oxygen atoms in total. The first-order valence-electron chi connectivity index (χ1n) is 6.52. The predicted octanol–water partition coefficient (Wildman–Crippen LogP) is 2.51. The van der Waals surface area contributed by atoms with E-state index < -0.39 is 18.0 Å². The van der Waals surface area contributed by atoms with Gasteiger partial charge in [0.05, 0.1) is 0 Å². The molecule has 120 valence electrons. The van der Waals surface area contributed by atoms with Crippen LogP contribution in [0.1, 0.15) is 16.1 Å². The molecule has 0 fully saturated rings. The molecule has 0 aliphatic carbocycles. The number of hydrogen-bond donors (Lipinski definition) is 2. The molecule has 0 atom stereocenters. The zero-order valence-electron chi connectivity index (χ0n) is 11.7. The van der Waals surface area contributed by atoms with Crippen LogP contribution in [0.15, 0.2) is 48.7 Å². The summed E-state index contributed by atoms with van der Waals surface area (Å²) in [5, 5.41) is 4.37. The van der Waals surface area contributed by atoms with Gasteiger partial charge in [0, 0.05) is 18.4 Å². The molecule has 0 aliphatic rings. The van der Waals surface area contributed by atoms with E-state index >= 15 is 0 Å². The standard InChI is InChI=1S/C15H12F3N3O2/c16-15(17,18)14(23)20-9-10-4-6-11(7-5-10)21-13(22)12-3-1-2-8-19-12/h1-8H,9H2,(H,20,23)(H,21,22). The summed E-state index contributed by atoms with van der Waals surface area (Å²) in [5.74, 6) is -2.39. The normalized spacial score (nSPS) is 10.9. The second-order valence-electron chi connectivity index (χ2n) is 4.55. The fourth-order valence-corrected chi connectivity index (χ4v) is 1.68. The monoisotopic (exact) mass is 323 g/mol. The Labute approximate surface area is 129 Å². The molecule has 1 aromatic heterocycles. The molecule has 8 heteroatoms. The van der Waals surface area contributed by atoms with Crippen LogP contribution in [0.4, 0.5) is 18.9 Å². The van der Waals surface area contributed by atoms with Crippen LogP contribution in [-0.4, -0.2) is 23.0 Å². The van der Waals surface area contributed by atoms with Gasteiger partial charge < -0.3 is 10.6 Å². The first kappa shape index (κ1) is 16.5. The first-order chi connectivity index (χ1) is 10.9. The highest BCUT2D eigenvalue weighted by Gasteiger charge is 2.38. The number of benzene rings is 1. The van der Waals surface area contributed by atoms with Gasteiger partial charge in [0.15, 0.2) is 0 Å². The largest absolute Gasteiger partial charge is 0.471 e. The number of nitrogens with one attached hydrogen (secondary N) is 2. The van der Waals surface area contributed by atoms with Crippen LogP contribution in [0.3, 0.4) is 0 Å². The second-order valence-corrected chi connectivity index (χ2v) is 4.55. The molecule has 2 rings (SSSR count). The highest BCUT2D eigenvalue weighted by atomic mass is 19.4. The Balaban J connectivity index is 1.92. The van der Waals surface area contributed by atoms with Crippen LogP contribution in [0.5, 0.6) is 0 Å².